The number of nitrogen functional groups attached to an aromatic ring is 1. The molecule has 1 unspecified atom stereocenters. The van der Waals surface area contributed by atoms with E-state index in [0.717, 1.165) is 40.5 Å². The number of nitrogens with one attached hydrogen (secondary N) is 1. The van der Waals surface area contributed by atoms with Gasteiger partial charge in [-0.1, -0.05) is 24.3 Å². The number of thiophene rings is 1. The number of aliphatic hydroxyl groups is 1. The number of anilines is 5. The van der Waals surface area contributed by atoms with Crippen molar-refractivity contribution >= 4 is 56.2 Å². The largest absolute Gasteiger partial charge is 0.490 e. The zero-order valence-electron chi connectivity index (χ0n) is 31.5. The van der Waals surface area contributed by atoms with Gasteiger partial charge in [0.15, 0.2) is 5.82 Å². The Balaban J connectivity index is 0.883. The van der Waals surface area contributed by atoms with Crippen LogP contribution in [0.2, 0.25) is 0 Å². The fourth-order valence-electron chi connectivity index (χ4n) is 7.73. The van der Waals surface area contributed by atoms with Crippen LogP contribution in [0.5, 0.6) is 5.75 Å². The zero-order valence-corrected chi connectivity index (χ0v) is 32.4. The maximum Gasteiger partial charge on any atom is 0.298 e. The van der Waals surface area contributed by atoms with Crippen molar-refractivity contribution in [3.8, 4) is 11.4 Å². The Kier molecular flexibility index (Phi) is 10.00. The lowest BCUT2D eigenvalue weighted by atomic mass is 9.92. The Morgan fingerprint density at radius 1 is 0.898 bits per heavy atom. The predicted octanol–water partition coefficient (Wildman–Crippen LogP) is 5.39. The van der Waals surface area contributed by atoms with Crippen LogP contribution in [-0.4, -0.2) is 86.1 Å². The van der Waals surface area contributed by atoms with E-state index in [9.17, 15) is 23.5 Å². The quantitative estimate of drug-likeness (QED) is 0.163. The Hall–Kier alpha value is -6.69. The minimum absolute atomic E-state index is 0.0135. The highest BCUT2D eigenvalue weighted by Crippen LogP contribution is 2.39. The fourth-order valence-corrected chi connectivity index (χ4v) is 8.66. The molecule has 1 saturated heterocycles. The molecule has 5 heterocycles. The molecule has 0 aliphatic carbocycles. The van der Waals surface area contributed by atoms with E-state index in [1.165, 1.54) is 28.0 Å². The van der Waals surface area contributed by atoms with Gasteiger partial charge in [-0.05, 0) is 66.7 Å². The Bertz CT molecular complexity index is 2710. The summed E-state index contributed by atoms with van der Waals surface area (Å²) < 4.78 is 37.6. The van der Waals surface area contributed by atoms with Crippen LogP contribution in [0, 0.1) is 11.6 Å². The van der Waals surface area contributed by atoms with Crippen LogP contribution in [0.1, 0.15) is 15.2 Å². The Morgan fingerprint density at radius 3 is 2.42 bits per heavy atom. The van der Waals surface area contributed by atoms with Crippen molar-refractivity contribution in [3.63, 3.8) is 0 Å². The first-order chi connectivity index (χ1) is 28.6. The minimum atomic E-state index is -1.69. The molecule has 14 nitrogen and oxygen atoms in total. The molecule has 0 spiro atoms. The van der Waals surface area contributed by atoms with Crippen LogP contribution in [0.25, 0.3) is 16.0 Å². The molecular weight excluding hydrogens is 779 g/mol. The van der Waals surface area contributed by atoms with Crippen molar-refractivity contribution in [2.75, 3.05) is 66.7 Å². The van der Waals surface area contributed by atoms with Crippen molar-refractivity contribution in [3.05, 3.63) is 142 Å². The number of hydrogen-bond donors (Lipinski definition) is 3. The highest BCUT2D eigenvalue weighted by atomic mass is 32.1. The van der Waals surface area contributed by atoms with Crippen molar-refractivity contribution in [1.29, 1.82) is 0 Å². The standard InChI is InChI=1S/C42H38F2N10O4S/c43-27-6-12-32(33(44)20-27)42(57,24-52-26-46-25-47-52)23-50-14-16-51(17-15-50)29-9-7-28(8-10-29)48-39(55)37-22-35-40(59-37)49-38(45)41(56)54(35)31-11-13-36-34(21-31)53(18-19-58-36)30-4-2-1-3-5-30/h1-13,20-22,25-26,57H,14-19,23-24H2,(H2,45,49)(H,48,55). The van der Waals surface area contributed by atoms with Gasteiger partial charge < -0.3 is 30.7 Å². The molecule has 9 rings (SSSR count). The van der Waals surface area contributed by atoms with Gasteiger partial charge >= 0.3 is 0 Å². The molecule has 1 amide bonds. The van der Waals surface area contributed by atoms with Gasteiger partial charge in [-0.25, -0.2) is 23.4 Å². The Morgan fingerprint density at radius 2 is 1.68 bits per heavy atom. The molecule has 1 atom stereocenters. The van der Waals surface area contributed by atoms with Crippen LogP contribution in [0.3, 0.4) is 0 Å². The first-order valence-corrected chi connectivity index (χ1v) is 19.7. The molecule has 0 saturated carbocycles. The van der Waals surface area contributed by atoms with Crippen molar-refractivity contribution < 1.29 is 23.4 Å². The third-order valence-corrected chi connectivity index (χ3v) is 11.6. The maximum atomic E-state index is 15.0. The summed E-state index contributed by atoms with van der Waals surface area (Å²) in [6, 6.07) is 27.8. The van der Waals surface area contributed by atoms with Crippen molar-refractivity contribution in [2.24, 2.45) is 0 Å². The van der Waals surface area contributed by atoms with E-state index in [0.29, 0.717) is 71.7 Å². The third kappa shape index (κ3) is 7.58. The molecule has 3 aromatic heterocycles. The summed E-state index contributed by atoms with van der Waals surface area (Å²) in [5.41, 5.74) is 8.27. The van der Waals surface area contributed by atoms with E-state index in [1.54, 1.807) is 12.1 Å². The summed E-state index contributed by atoms with van der Waals surface area (Å²) in [5.74, 6) is -1.40. The van der Waals surface area contributed by atoms with E-state index < -0.39 is 22.8 Å². The van der Waals surface area contributed by atoms with Crippen LogP contribution >= 0.6 is 11.3 Å². The lowest BCUT2D eigenvalue weighted by molar-refractivity contribution is -0.0227. The van der Waals surface area contributed by atoms with Gasteiger partial charge in [0.05, 0.1) is 34.9 Å². The molecule has 59 heavy (non-hydrogen) atoms. The van der Waals surface area contributed by atoms with E-state index in [4.69, 9.17) is 10.5 Å². The number of carbonyl (C=O) groups is 1. The molecule has 0 bridgehead atoms. The van der Waals surface area contributed by atoms with Gasteiger partial charge in [-0.3, -0.25) is 19.1 Å². The van der Waals surface area contributed by atoms with Crippen LogP contribution in [0.15, 0.2) is 115 Å². The molecule has 0 radical (unpaired) electrons. The number of benzene rings is 4. The lowest BCUT2D eigenvalue weighted by Crippen LogP contribution is -2.52. The number of ether oxygens (including phenoxy) is 1. The van der Waals surface area contributed by atoms with Gasteiger partial charge in [0, 0.05) is 61.4 Å². The summed E-state index contributed by atoms with van der Waals surface area (Å²) in [5, 5.41) is 18.8. The van der Waals surface area contributed by atoms with Crippen molar-refractivity contribution in [2.45, 2.75) is 12.1 Å². The van der Waals surface area contributed by atoms with Crippen LogP contribution in [-0.2, 0) is 12.1 Å². The number of piperazine rings is 1. The SMILES string of the molecule is Nc1nc2sc(C(=O)Nc3ccc(N4CCN(CC(O)(Cn5cncn5)c5ccc(F)cc5F)CC4)cc3)cc2n(-c2ccc3c(c2)N(c2ccccc2)CCO3)c1=O. The number of para-hydroxylation sites is 1. The lowest BCUT2D eigenvalue weighted by Gasteiger charge is -2.40. The molecule has 17 heteroatoms. The Labute approximate surface area is 340 Å². The second-order valence-electron chi connectivity index (χ2n) is 14.4. The highest BCUT2D eigenvalue weighted by molar-refractivity contribution is 7.20. The van der Waals surface area contributed by atoms with E-state index in [-0.39, 0.29) is 30.4 Å². The van der Waals surface area contributed by atoms with Gasteiger partial charge in [0.2, 0.25) is 0 Å². The topological polar surface area (TPSA) is 160 Å². The molecule has 2 aliphatic rings. The predicted molar refractivity (Wildman–Crippen MR) is 222 cm³/mol. The van der Waals surface area contributed by atoms with E-state index in [2.05, 4.69) is 30.2 Å². The first-order valence-electron chi connectivity index (χ1n) is 18.9. The molecule has 2 aliphatic heterocycles. The first kappa shape index (κ1) is 37.9. The van der Waals surface area contributed by atoms with Gasteiger partial charge in [0.25, 0.3) is 11.5 Å². The number of halogens is 2. The normalized spacial score (nSPS) is 15.4. The summed E-state index contributed by atoms with van der Waals surface area (Å²) >= 11 is 1.14. The zero-order chi connectivity index (χ0) is 40.7. The number of nitrogens with two attached hydrogens (primary N) is 1. The average molecular weight is 817 g/mol. The molecule has 7 aromatic rings. The molecule has 300 valence electrons. The van der Waals surface area contributed by atoms with Gasteiger partial charge in [-0.2, -0.15) is 5.10 Å². The molecule has 1 fully saturated rings. The van der Waals surface area contributed by atoms with E-state index in [1.807, 2.05) is 71.6 Å². The summed E-state index contributed by atoms with van der Waals surface area (Å²) in [6.07, 6.45) is 2.78. The number of hydrogen-bond acceptors (Lipinski definition) is 12. The summed E-state index contributed by atoms with van der Waals surface area (Å²) in [4.78, 5) is 42.6. The number of aromatic nitrogens is 5. The van der Waals surface area contributed by atoms with Gasteiger partial charge in [-0.15, -0.1) is 11.3 Å². The summed E-state index contributed by atoms with van der Waals surface area (Å²) in [7, 11) is 0. The van der Waals surface area contributed by atoms with Crippen molar-refractivity contribution in [1.82, 2.24) is 29.2 Å². The van der Waals surface area contributed by atoms with Crippen LogP contribution < -0.4 is 31.1 Å². The second-order valence-corrected chi connectivity index (χ2v) is 15.5. The number of nitrogens with zero attached hydrogens (tertiary/aromatic N) is 8. The maximum absolute atomic E-state index is 15.0. The number of fused-ring (bicyclic) bond motifs is 2. The number of rotatable bonds is 10. The number of carbonyl (C=O) groups excluding carboxylic acids is 1. The highest BCUT2D eigenvalue weighted by Gasteiger charge is 2.36. The van der Waals surface area contributed by atoms with Gasteiger partial charge in [0.1, 0.15) is 47.1 Å². The van der Waals surface area contributed by atoms with Crippen LogP contribution in [0.4, 0.5) is 37.3 Å². The molecule has 4 aromatic carbocycles. The van der Waals surface area contributed by atoms with E-state index >= 15 is 0 Å². The minimum Gasteiger partial charge on any atom is -0.490 e. The number of β-amino-alcohol motifs (C(OH)–C–C–N with tert-alkyl or cyclic N) is 1. The monoisotopic (exact) mass is 816 g/mol. The summed E-state index contributed by atoms with van der Waals surface area (Å²) in [6.45, 7) is 3.57. The smallest absolute Gasteiger partial charge is 0.298 e. The second kappa shape index (κ2) is 15.6. The molecule has 4 N–H and O–H groups in total. The average Bonchev–Trinajstić information content (AvgIpc) is 3.92. The number of amides is 1. The third-order valence-electron chi connectivity index (χ3n) is 10.6. The molecular formula is C42H38F2N10O4S. The fraction of sp³-hybridized carbons (Fsp3) is 0.214.